The van der Waals surface area contributed by atoms with Crippen LogP contribution in [0.2, 0.25) is 18.1 Å². The second-order valence-electron chi connectivity index (χ2n) is 11.1. The van der Waals surface area contributed by atoms with Gasteiger partial charge < -0.3 is 9.53 Å². The third kappa shape index (κ3) is 8.02. The molecule has 2 nitrogen and oxygen atoms in total. The van der Waals surface area contributed by atoms with Crippen molar-refractivity contribution in [3.8, 4) is 0 Å². The molecule has 1 aliphatic carbocycles. The van der Waals surface area contributed by atoms with Crippen molar-refractivity contribution >= 4 is 8.32 Å². The van der Waals surface area contributed by atoms with Crippen LogP contribution in [-0.2, 0) is 4.43 Å². The number of aliphatic hydroxyl groups excluding tert-OH is 1. The summed E-state index contributed by atoms with van der Waals surface area (Å²) in [5, 5.41) is 11.2. The predicted octanol–water partition coefficient (Wildman–Crippen LogP) is 7.19. The Morgan fingerprint density at radius 2 is 1.78 bits per heavy atom. The van der Waals surface area contributed by atoms with E-state index in [4.69, 9.17) is 4.43 Å². The lowest BCUT2D eigenvalue weighted by molar-refractivity contribution is 0.0422. The van der Waals surface area contributed by atoms with Crippen molar-refractivity contribution in [2.45, 2.75) is 111 Å². The first-order valence-corrected chi connectivity index (χ1v) is 14.2. The van der Waals surface area contributed by atoms with E-state index >= 15 is 0 Å². The van der Waals surface area contributed by atoms with Crippen molar-refractivity contribution in [2.24, 2.45) is 23.7 Å². The van der Waals surface area contributed by atoms with E-state index in [2.05, 4.69) is 67.6 Å². The highest BCUT2D eigenvalue weighted by atomic mass is 28.4. The van der Waals surface area contributed by atoms with E-state index in [-0.39, 0.29) is 11.1 Å². The molecule has 0 aliphatic heterocycles. The van der Waals surface area contributed by atoms with E-state index in [9.17, 15) is 5.11 Å². The van der Waals surface area contributed by atoms with Crippen molar-refractivity contribution in [1.29, 1.82) is 0 Å². The van der Waals surface area contributed by atoms with E-state index in [0.29, 0.717) is 17.8 Å². The van der Waals surface area contributed by atoms with Crippen LogP contribution in [0.4, 0.5) is 0 Å². The fraction of sp³-hybridized carbons (Fsp3) is 0.917. The average Bonchev–Trinajstić information content (AvgIpc) is 2.52. The summed E-state index contributed by atoms with van der Waals surface area (Å²) in [7, 11) is -1.61. The van der Waals surface area contributed by atoms with Crippen LogP contribution in [0.1, 0.15) is 87.0 Å². The fourth-order valence-corrected chi connectivity index (χ4v) is 5.30. The molecule has 1 rings (SSSR count). The Kier molecular flexibility index (Phi) is 9.78. The SMILES string of the molecule is C/C(=C\[C@H](O)[C@@H]1C[C@H](C)CC[C@H]1C(C)C)CCCCO[Si](C)(C)C(C)(C)C. The lowest BCUT2D eigenvalue weighted by Gasteiger charge is -2.39. The van der Waals surface area contributed by atoms with Crippen molar-refractivity contribution < 1.29 is 9.53 Å². The lowest BCUT2D eigenvalue weighted by atomic mass is 9.68. The average molecular weight is 397 g/mol. The van der Waals surface area contributed by atoms with Crippen molar-refractivity contribution in [3.05, 3.63) is 11.6 Å². The number of hydrogen-bond donors (Lipinski definition) is 1. The standard InChI is InChI=1S/C24H48O2Si/c1-18(2)21-14-13-20(4)16-22(21)23(25)17-19(3)12-10-11-15-26-27(8,9)24(5,6)7/h17-18,20-23,25H,10-16H2,1-9H3/b19-17+/t20-,21+,22-,23+/m1/s1. The molecule has 27 heavy (non-hydrogen) atoms. The molecule has 0 unspecified atom stereocenters. The highest BCUT2D eigenvalue weighted by Gasteiger charge is 2.37. The molecule has 0 bridgehead atoms. The molecule has 0 radical (unpaired) electrons. The van der Waals surface area contributed by atoms with E-state index in [1.807, 2.05) is 0 Å². The zero-order valence-electron chi connectivity index (χ0n) is 19.8. The molecule has 4 atom stereocenters. The number of rotatable bonds is 9. The van der Waals surface area contributed by atoms with Crippen molar-refractivity contribution in [2.75, 3.05) is 6.61 Å². The van der Waals surface area contributed by atoms with E-state index in [1.165, 1.54) is 24.8 Å². The zero-order chi connectivity index (χ0) is 20.8. The van der Waals surface area contributed by atoms with Crippen molar-refractivity contribution in [3.63, 3.8) is 0 Å². The molecule has 3 heteroatoms. The summed E-state index contributed by atoms with van der Waals surface area (Å²) in [5.41, 5.74) is 1.34. The second-order valence-corrected chi connectivity index (χ2v) is 15.9. The molecule has 0 aromatic rings. The highest BCUT2D eigenvalue weighted by Crippen LogP contribution is 2.40. The molecule has 1 fully saturated rings. The molecule has 1 N–H and O–H groups in total. The maximum absolute atomic E-state index is 10.9. The van der Waals surface area contributed by atoms with Crippen LogP contribution in [0.25, 0.3) is 0 Å². The van der Waals surface area contributed by atoms with Crippen LogP contribution < -0.4 is 0 Å². The minimum atomic E-state index is -1.61. The minimum Gasteiger partial charge on any atom is -0.417 e. The van der Waals surface area contributed by atoms with Gasteiger partial charge in [-0.2, -0.15) is 0 Å². The van der Waals surface area contributed by atoms with Gasteiger partial charge in [0.1, 0.15) is 0 Å². The quantitative estimate of drug-likeness (QED) is 0.254. The number of hydrogen-bond acceptors (Lipinski definition) is 2. The number of unbranched alkanes of at least 4 members (excludes halogenated alkanes) is 1. The Morgan fingerprint density at radius 1 is 1.15 bits per heavy atom. The van der Waals surface area contributed by atoms with Gasteiger partial charge in [0.05, 0.1) is 6.10 Å². The number of allylic oxidation sites excluding steroid dienone is 1. The maximum atomic E-state index is 10.9. The van der Waals surface area contributed by atoms with Gasteiger partial charge in [-0.3, -0.25) is 0 Å². The van der Waals surface area contributed by atoms with Crippen LogP contribution in [0.5, 0.6) is 0 Å². The molecule has 0 heterocycles. The summed E-state index contributed by atoms with van der Waals surface area (Å²) in [6, 6.07) is 0. The highest BCUT2D eigenvalue weighted by molar-refractivity contribution is 6.74. The third-order valence-electron chi connectivity index (χ3n) is 7.20. The summed E-state index contributed by atoms with van der Waals surface area (Å²) < 4.78 is 6.27. The smallest absolute Gasteiger partial charge is 0.191 e. The summed E-state index contributed by atoms with van der Waals surface area (Å²) in [6.45, 7) is 21.6. The predicted molar refractivity (Wildman–Crippen MR) is 122 cm³/mol. The van der Waals surface area contributed by atoms with Crippen LogP contribution in [0, 0.1) is 23.7 Å². The molecule has 0 aromatic carbocycles. The van der Waals surface area contributed by atoms with Crippen molar-refractivity contribution in [1.82, 2.24) is 0 Å². The Balaban J connectivity index is 2.44. The van der Waals surface area contributed by atoms with E-state index < -0.39 is 8.32 Å². The molecule has 0 amide bonds. The minimum absolute atomic E-state index is 0.274. The Labute approximate surface area is 171 Å². The summed E-state index contributed by atoms with van der Waals surface area (Å²) in [5.74, 6) is 2.52. The van der Waals surface area contributed by atoms with Gasteiger partial charge in [0.25, 0.3) is 0 Å². The van der Waals surface area contributed by atoms with Crippen LogP contribution in [0.3, 0.4) is 0 Å². The number of aliphatic hydroxyl groups is 1. The van der Waals surface area contributed by atoms with Crippen LogP contribution >= 0.6 is 0 Å². The van der Waals surface area contributed by atoms with Crippen LogP contribution in [0.15, 0.2) is 11.6 Å². The first-order chi connectivity index (χ1) is 12.3. The topological polar surface area (TPSA) is 29.5 Å². The van der Waals surface area contributed by atoms with E-state index in [1.54, 1.807) is 0 Å². The third-order valence-corrected chi connectivity index (χ3v) is 11.7. The molecular weight excluding hydrogens is 348 g/mol. The normalized spacial score (nSPS) is 26.5. The molecule has 0 saturated heterocycles. The van der Waals surface area contributed by atoms with Gasteiger partial charge in [-0.05, 0) is 80.8 Å². The zero-order valence-corrected chi connectivity index (χ0v) is 20.8. The fourth-order valence-electron chi connectivity index (χ4n) is 4.22. The molecule has 1 aliphatic rings. The van der Waals surface area contributed by atoms with Gasteiger partial charge in [0.15, 0.2) is 8.32 Å². The Hall–Kier alpha value is -0.123. The molecule has 0 aromatic heterocycles. The molecular formula is C24H48O2Si. The summed E-state index contributed by atoms with van der Waals surface area (Å²) in [4.78, 5) is 0. The largest absolute Gasteiger partial charge is 0.417 e. The van der Waals surface area contributed by atoms with E-state index in [0.717, 1.165) is 31.8 Å². The van der Waals surface area contributed by atoms with Gasteiger partial charge in [-0.1, -0.05) is 59.6 Å². The van der Waals surface area contributed by atoms with Gasteiger partial charge in [0.2, 0.25) is 0 Å². The molecule has 160 valence electrons. The second kappa shape index (κ2) is 10.6. The molecule has 1 saturated carbocycles. The maximum Gasteiger partial charge on any atom is 0.191 e. The monoisotopic (exact) mass is 396 g/mol. The van der Waals surface area contributed by atoms with Gasteiger partial charge in [-0.25, -0.2) is 0 Å². The first kappa shape index (κ1) is 24.9. The van der Waals surface area contributed by atoms with Gasteiger partial charge in [-0.15, -0.1) is 0 Å². The summed E-state index contributed by atoms with van der Waals surface area (Å²) >= 11 is 0. The van der Waals surface area contributed by atoms with Crippen LogP contribution in [-0.4, -0.2) is 26.1 Å². The lowest BCUT2D eigenvalue weighted by Crippen LogP contribution is -2.40. The van der Waals surface area contributed by atoms with Gasteiger partial charge in [0, 0.05) is 6.61 Å². The van der Waals surface area contributed by atoms with Gasteiger partial charge >= 0.3 is 0 Å². The first-order valence-electron chi connectivity index (χ1n) is 11.3. The Bertz CT molecular complexity index is 461. The molecule has 0 spiro atoms. The Morgan fingerprint density at radius 3 is 2.33 bits per heavy atom. The summed E-state index contributed by atoms with van der Waals surface area (Å²) in [6.07, 6.45) is 9.00.